The number of likely N-dealkylation sites (N-methyl/N-ethyl adjacent to an activating group) is 1. The third-order valence-corrected chi connectivity index (χ3v) is 4.17. The van der Waals surface area contributed by atoms with Crippen LogP contribution in [0.15, 0.2) is 23.2 Å². The van der Waals surface area contributed by atoms with Crippen LogP contribution in [0.2, 0.25) is 0 Å². The van der Waals surface area contributed by atoms with Crippen molar-refractivity contribution in [3.05, 3.63) is 18.2 Å². The number of anilines is 1. The summed E-state index contributed by atoms with van der Waals surface area (Å²) in [6.07, 6.45) is 2.58. The molecular formula is C18H31IN4O2. The van der Waals surface area contributed by atoms with Crippen LogP contribution >= 0.6 is 24.0 Å². The van der Waals surface area contributed by atoms with E-state index in [1.165, 1.54) is 12.8 Å². The Kier molecular flexibility index (Phi) is 9.34. The molecule has 3 N–H and O–H groups in total. The Morgan fingerprint density at radius 1 is 1.32 bits per heavy atom. The van der Waals surface area contributed by atoms with E-state index < -0.39 is 0 Å². The molecule has 1 aromatic rings. The average molecular weight is 462 g/mol. The lowest BCUT2D eigenvalue weighted by molar-refractivity contribution is 0.253. The second-order valence-corrected chi connectivity index (χ2v) is 6.12. The van der Waals surface area contributed by atoms with Crippen LogP contribution in [0.5, 0.6) is 11.5 Å². The number of nitrogens with one attached hydrogen (secondary N) is 1. The van der Waals surface area contributed by atoms with Crippen molar-refractivity contribution >= 4 is 35.6 Å². The molecule has 25 heavy (non-hydrogen) atoms. The topological polar surface area (TPSA) is 72.1 Å². The van der Waals surface area contributed by atoms with Gasteiger partial charge in [0.1, 0.15) is 11.5 Å². The number of nitrogens with zero attached hydrogens (tertiary/aromatic N) is 2. The van der Waals surface area contributed by atoms with Crippen molar-refractivity contribution in [2.45, 2.75) is 45.7 Å². The van der Waals surface area contributed by atoms with Crippen LogP contribution < -0.4 is 20.5 Å². The predicted molar refractivity (Wildman–Crippen MR) is 115 cm³/mol. The van der Waals surface area contributed by atoms with Gasteiger partial charge >= 0.3 is 0 Å². The summed E-state index contributed by atoms with van der Waals surface area (Å²) in [6, 6.07) is 6.75. The van der Waals surface area contributed by atoms with Crippen LogP contribution in [-0.4, -0.2) is 49.7 Å². The third kappa shape index (κ3) is 6.89. The highest BCUT2D eigenvalue weighted by Gasteiger charge is 2.28. The molecule has 1 atom stereocenters. The minimum atomic E-state index is 0. The van der Waals surface area contributed by atoms with Gasteiger partial charge in [-0.3, -0.25) is 9.89 Å². The second-order valence-electron chi connectivity index (χ2n) is 6.12. The first kappa shape index (κ1) is 21.8. The Bertz CT molecular complexity index is 564. The zero-order valence-electron chi connectivity index (χ0n) is 15.6. The molecule has 1 unspecified atom stereocenters. The first-order valence-electron chi connectivity index (χ1n) is 8.73. The number of hydrogen-bond acceptors (Lipinski definition) is 4. The number of benzene rings is 1. The maximum atomic E-state index is 6.06. The lowest BCUT2D eigenvalue weighted by Gasteiger charge is -2.23. The molecule has 0 aliphatic heterocycles. The van der Waals surface area contributed by atoms with E-state index in [9.17, 15) is 0 Å². The zero-order chi connectivity index (χ0) is 17.5. The molecule has 1 fully saturated rings. The van der Waals surface area contributed by atoms with Crippen LogP contribution in [-0.2, 0) is 0 Å². The predicted octanol–water partition coefficient (Wildman–Crippen LogP) is 3.31. The Hall–Kier alpha value is -1.22. The monoisotopic (exact) mass is 462 g/mol. The fourth-order valence-corrected chi connectivity index (χ4v) is 2.52. The first-order chi connectivity index (χ1) is 11.5. The molecule has 142 valence electrons. The summed E-state index contributed by atoms with van der Waals surface area (Å²) in [5.41, 5.74) is 6.83. The van der Waals surface area contributed by atoms with E-state index in [-0.39, 0.29) is 24.0 Å². The van der Waals surface area contributed by atoms with E-state index in [0.717, 1.165) is 23.2 Å². The molecule has 0 radical (unpaired) electrons. The minimum absolute atomic E-state index is 0. The van der Waals surface area contributed by atoms with Crippen molar-refractivity contribution in [1.29, 1.82) is 0 Å². The molecule has 6 nitrogen and oxygen atoms in total. The summed E-state index contributed by atoms with van der Waals surface area (Å²) >= 11 is 0. The molecule has 0 saturated heterocycles. The average Bonchev–Trinajstić information content (AvgIpc) is 3.39. The van der Waals surface area contributed by atoms with E-state index in [2.05, 4.69) is 29.2 Å². The number of hydrogen-bond donors (Lipinski definition) is 2. The number of rotatable bonds is 9. The summed E-state index contributed by atoms with van der Waals surface area (Å²) in [4.78, 5) is 6.85. The molecule has 1 saturated carbocycles. The van der Waals surface area contributed by atoms with Gasteiger partial charge in [0, 0.05) is 18.2 Å². The maximum absolute atomic E-state index is 6.06. The van der Waals surface area contributed by atoms with Gasteiger partial charge in [0.15, 0.2) is 5.96 Å². The van der Waals surface area contributed by atoms with Gasteiger partial charge in [-0.25, -0.2) is 0 Å². The van der Waals surface area contributed by atoms with Crippen LogP contribution in [0, 0.1) is 0 Å². The molecule has 1 aliphatic carbocycles. The molecule has 1 aliphatic rings. The third-order valence-electron chi connectivity index (χ3n) is 4.17. The van der Waals surface area contributed by atoms with Crippen molar-refractivity contribution in [2.24, 2.45) is 10.7 Å². The summed E-state index contributed by atoms with van der Waals surface area (Å²) in [6.45, 7) is 7.95. The molecule has 0 spiro atoms. The quantitative estimate of drug-likeness (QED) is 0.335. The number of guanidine groups is 1. The van der Waals surface area contributed by atoms with E-state index >= 15 is 0 Å². The van der Waals surface area contributed by atoms with Crippen LogP contribution in [0.25, 0.3) is 0 Å². The van der Waals surface area contributed by atoms with Gasteiger partial charge in [-0.2, -0.15) is 0 Å². The van der Waals surface area contributed by atoms with Crippen molar-refractivity contribution < 1.29 is 9.47 Å². The van der Waals surface area contributed by atoms with E-state index in [1.807, 2.05) is 32.0 Å². The van der Waals surface area contributed by atoms with Crippen LogP contribution in [0.1, 0.15) is 33.6 Å². The summed E-state index contributed by atoms with van der Waals surface area (Å²) in [5.74, 6) is 1.90. The van der Waals surface area contributed by atoms with Crippen molar-refractivity contribution in [1.82, 2.24) is 4.90 Å². The van der Waals surface area contributed by atoms with E-state index in [1.54, 1.807) is 0 Å². The Labute approximate surface area is 168 Å². The molecule has 0 bridgehead atoms. The van der Waals surface area contributed by atoms with Crippen molar-refractivity contribution in [3.8, 4) is 11.5 Å². The normalized spacial score (nSPS) is 15.5. The summed E-state index contributed by atoms with van der Waals surface area (Å²) in [7, 11) is 2.15. The number of halogens is 1. The van der Waals surface area contributed by atoms with Gasteiger partial charge in [-0.1, -0.05) is 0 Å². The summed E-state index contributed by atoms with van der Waals surface area (Å²) < 4.78 is 11.2. The lowest BCUT2D eigenvalue weighted by atomic mass is 10.2. The molecule has 0 aromatic heterocycles. The lowest BCUT2D eigenvalue weighted by Crippen LogP contribution is -2.34. The highest BCUT2D eigenvalue weighted by Crippen LogP contribution is 2.29. The first-order valence-corrected chi connectivity index (χ1v) is 8.73. The Morgan fingerprint density at radius 2 is 2.00 bits per heavy atom. The zero-order valence-corrected chi connectivity index (χ0v) is 17.9. The smallest absolute Gasteiger partial charge is 0.193 e. The number of ether oxygens (including phenoxy) is 2. The van der Waals surface area contributed by atoms with E-state index in [0.29, 0.717) is 31.8 Å². The number of nitrogens with two attached hydrogens (primary N) is 1. The fourth-order valence-electron chi connectivity index (χ4n) is 2.52. The van der Waals surface area contributed by atoms with Crippen LogP contribution in [0.3, 0.4) is 0 Å². The Morgan fingerprint density at radius 3 is 2.60 bits per heavy atom. The minimum Gasteiger partial charge on any atom is -0.494 e. The second kappa shape index (κ2) is 10.7. The van der Waals surface area contributed by atoms with E-state index in [4.69, 9.17) is 15.2 Å². The highest BCUT2D eigenvalue weighted by atomic mass is 127. The maximum Gasteiger partial charge on any atom is 0.193 e. The number of aliphatic imine (C=N–C) groups is 1. The van der Waals surface area contributed by atoms with Gasteiger partial charge < -0.3 is 20.5 Å². The largest absolute Gasteiger partial charge is 0.494 e. The molecule has 1 aromatic carbocycles. The van der Waals surface area contributed by atoms with Gasteiger partial charge in [-0.15, -0.1) is 24.0 Å². The van der Waals surface area contributed by atoms with Crippen molar-refractivity contribution in [2.75, 3.05) is 32.1 Å². The molecule has 0 amide bonds. The molecule has 7 heteroatoms. The van der Waals surface area contributed by atoms with Crippen LogP contribution in [0.4, 0.5) is 5.69 Å². The standard InChI is InChI=1S/C18H30N4O2.HI/c1-5-23-15-9-10-17(24-6-2)16(11-15)21-18(19)20-12-13(3)22(4)14-7-8-14;/h9-11,13-14H,5-8,12H2,1-4H3,(H3,19,20,21);1H. The Balaban J connectivity index is 0.00000312. The highest BCUT2D eigenvalue weighted by molar-refractivity contribution is 14.0. The van der Waals surface area contributed by atoms with Gasteiger partial charge in [0.25, 0.3) is 0 Å². The van der Waals surface area contributed by atoms with Gasteiger partial charge in [0.2, 0.25) is 0 Å². The fraction of sp³-hybridized carbons (Fsp3) is 0.611. The molecular weight excluding hydrogens is 431 g/mol. The van der Waals surface area contributed by atoms with Gasteiger partial charge in [0.05, 0.1) is 25.4 Å². The SMILES string of the molecule is CCOc1ccc(OCC)c(NC(N)=NCC(C)N(C)C2CC2)c1.I. The van der Waals surface area contributed by atoms with Gasteiger partial charge in [-0.05, 0) is 52.8 Å². The summed E-state index contributed by atoms with van der Waals surface area (Å²) in [5, 5.41) is 3.14. The molecule has 2 rings (SSSR count). The molecule has 0 heterocycles. The van der Waals surface area contributed by atoms with Crippen molar-refractivity contribution in [3.63, 3.8) is 0 Å².